The Balaban J connectivity index is 1.77. The Kier molecular flexibility index (Phi) is 3.55. The van der Waals surface area contributed by atoms with Gasteiger partial charge < -0.3 is 19.9 Å². The smallest absolute Gasteiger partial charge is 0.231 e. The van der Waals surface area contributed by atoms with E-state index in [1.54, 1.807) is 24.3 Å². The first kappa shape index (κ1) is 15.1. The molecular weight excluding hydrogens is 323 g/mol. The molecule has 2 aliphatic heterocycles. The van der Waals surface area contributed by atoms with Gasteiger partial charge in [-0.3, -0.25) is 0 Å². The second kappa shape index (κ2) is 5.87. The van der Waals surface area contributed by atoms with Gasteiger partial charge in [-0.1, -0.05) is 24.3 Å². The highest BCUT2D eigenvalue weighted by Gasteiger charge is 2.30. The van der Waals surface area contributed by atoms with Crippen molar-refractivity contribution in [3.05, 3.63) is 70.9 Å². The molecule has 0 saturated heterocycles. The van der Waals surface area contributed by atoms with Crippen LogP contribution in [-0.4, -0.2) is 6.79 Å². The molecule has 0 amide bonds. The normalized spacial score (nSPS) is 18.0. The van der Waals surface area contributed by atoms with Crippen molar-refractivity contribution in [2.24, 2.45) is 5.73 Å². The topological polar surface area (TPSA) is 77.5 Å². The zero-order valence-electron chi connectivity index (χ0n) is 13.0. The maximum absolute atomic E-state index is 13.0. The zero-order chi connectivity index (χ0) is 17.4. The first-order chi connectivity index (χ1) is 12.2. The predicted molar refractivity (Wildman–Crippen MR) is 88.2 cm³/mol. The van der Waals surface area contributed by atoms with Crippen molar-refractivity contribution in [3.63, 3.8) is 0 Å². The first-order valence-electron chi connectivity index (χ1n) is 7.60. The SMILES string of the molecule is N#CC1=C(N)Oc2cc3c(cc2[C@@H]1/C=C/c1ccc(F)cc1)OCO3. The summed E-state index contributed by atoms with van der Waals surface area (Å²) in [4.78, 5) is 0. The Morgan fingerprint density at radius 1 is 1.12 bits per heavy atom. The van der Waals surface area contributed by atoms with Gasteiger partial charge in [-0.2, -0.15) is 5.26 Å². The zero-order valence-corrected chi connectivity index (χ0v) is 13.0. The van der Waals surface area contributed by atoms with Crippen LogP contribution in [0.1, 0.15) is 17.0 Å². The Hall–Kier alpha value is -3.46. The van der Waals surface area contributed by atoms with E-state index in [1.807, 2.05) is 12.2 Å². The number of ether oxygens (including phenoxy) is 3. The summed E-state index contributed by atoms with van der Waals surface area (Å²) in [6, 6.07) is 11.7. The van der Waals surface area contributed by atoms with Crippen LogP contribution in [-0.2, 0) is 0 Å². The summed E-state index contributed by atoms with van der Waals surface area (Å²) in [6.45, 7) is 0.141. The van der Waals surface area contributed by atoms with Gasteiger partial charge in [0.15, 0.2) is 11.5 Å². The van der Waals surface area contributed by atoms with Crippen molar-refractivity contribution in [3.8, 4) is 23.3 Å². The number of hydrogen-bond acceptors (Lipinski definition) is 5. The molecule has 0 unspecified atom stereocenters. The fraction of sp³-hybridized carbons (Fsp3) is 0.105. The Morgan fingerprint density at radius 2 is 1.84 bits per heavy atom. The predicted octanol–water partition coefficient (Wildman–Crippen LogP) is 3.44. The van der Waals surface area contributed by atoms with E-state index < -0.39 is 5.92 Å². The third-order valence-electron chi connectivity index (χ3n) is 4.11. The van der Waals surface area contributed by atoms with E-state index >= 15 is 0 Å². The molecule has 5 nitrogen and oxygen atoms in total. The van der Waals surface area contributed by atoms with E-state index in [2.05, 4.69) is 6.07 Å². The molecular formula is C19H13FN2O3. The quantitative estimate of drug-likeness (QED) is 0.909. The molecule has 124 valence electrons. The van der Waals surface area contributed by atoms with Crippen molar-refractivity contribution in [2.45, 2.75) is 5.92 Å². The number of nitrogens with two attached hydrogens (primary N) is 1. The molecule has 0 spiro atoms. The van der Waals surface area contributed by atoms with Crippen LogP contribution in [0.15, 0.2) is 53.9 Å². The number of rotatable bonds is 2. The number of nitrogens with zero attached hydrogens (tertiary/aromatic N) is 1. The number of halogens is 1. The standard InChI is InChI=1S/C19H13FN2O3/c20-12-4-1-11(2-5-12)3-6-13-14-7-17-18(24-10-23-17)8-16(14)25-19(22)15(13)9-21/h1-8,13H,10,22H2/b6-3+/t13-/m0/s1. The van der Waals surface area contributed by atoms with Crippen molar-refractivity contribution in [1.82, 2.24) is 0 Å². The van der Waals surface area contributed by atoms with Crippen LogP contribution >= 0.6 is 0 Å². The molecule has 0 aliphatic carbocycles. The molecule has 4 rings (SSSR count). The fourth-order valence-corrected chi connectivity index (χ4v) is 2.86. The number of nitriles is 1. The number of hydrogen-bond donors (Lipinski definition) is 1. The minimum Gasteiger partial charge on any atom is -0.454 e. The van der Waals surface area contributed by atoms with Gasteiger partial charge in [-0.25, -0.2) is 4.39 Å². The Bertz CT molecular complexity index is 942. The van der Waals surface area contributed by atoms with E-state index in [0.717, 1.165) is 11.1 Å². The minimum absolute atomic E-state index is 0.0580. The monoisotopic (exact) mass is 336 g/mol. The first-order valence-corrected chi connectivity index (χ1v) is 7.60. The van der Waals surface area contributed by atoms with Crippen molar-refractivity contribution < 1.29 is 18.6 Å². The molecule has 2 aliphatic rings. The summed E-state index contributed by atoms with van der Waals surface area (Å²) in [5.41, 5.74) is 7.79. The summed E-state index contributed by atoms with van der Waals surface area (Å²) < 4.78 is 29.4. The van der Waals surface area contributed by atoms with Crippen LogP contribution in [0.3, 0.4) is 0 Å². The van der Waals surface area contributed by atoms with Crippen LogP contribution in [0.25, 0.3) is 6.08 Å². The van der Waals surface area contributed by atoms with Gasteiger partial charge in [-0.15, -0.1) is 0 Å². The maximum atomic E-state index is 13.0. The van der Waals surface area contributed by atoms with Crippen molar-refractivity contribution in [1.29, 1.82) is 5.26 Å². The average Bonchev–Trinajstić information content (AvgIpc) is 3.06. The minimum atomic E-state index is -0.395. The summed E-state index contributed by atoms with van der Waals surface area (Å²) in [5.74, 6) is 1.06. The van der Waals surface area contributed by atoms with E-state index in [-0.39, 0.29) is 18.5 Å². The molecule has 2 aromatic carbocycles. The fourth-order valence-electron chi connectivity index (χ4n) is 2.86. The summed E-state index contributed by atoms with van der Waals surface area (Å²) in [6.07, 6.45) is 3.65. The number of allylic oxidation sites excluding steroid dienone is 2. The molecule has 0 fully saturated rings. The van der Waals surface area contributed by atoms with E-state index in [0.29, 0.717) is 22.8 Å². The summed E-state index contributed by atoms with van der Waals surface area (Å²) in [7, 11) is 0. The Morgan fingerprint density at radius 3 is 2.56 bits per heavy atom. The molecule has 2 heterocycles. The van der Waals surface area contributed by atoms with Gasteiger partial charge in [0.25, 0.3) is 0 Å². The van der Waals surface area contributed by atoms with Gasteiger partial charge in [0.1, 0.15) is 23.2 Å². The summed E-state index contributed by atoms with van der Waals surface area (Å²) >= 11 is 0. The van der Waals surface area contributed by atoms with Crippen LogP contribution in [0.5, 0.6) is 17.2 Å². The van der Waals surface area contributed by atoms with Gasteiger partial charge in [0, 0.05) is 17.5 Å². The largest absolute Gasteiger partial charge is 0.454 e. The third kappa shape index (κ3) is 2.66. The van der Waals surface area contributed by atoms with Crippen molar-refractivity contribution >= 4 is 6.08 Å². The molecule has 0 saturated carbocycles. The lowest BCUT2D eigenvalue weighted by Gasteiger charge is -2.24. The molecule has 6 heteroatoms. The lowest BCUT2D eigenvalue weighted by Crippen LogP contribution is -2.19. The third-order valence-corrected chi connectivity index (χ3v) is 4.11. The van der Waals surface area contributed by atoms with Crippen molar-refractivity contribution in [2.75, 3.05) is 6.79 Å². The van der Waals surface area contributed by atoms with Crippen LogP contribution < -0.4 is 19.9 Å². The van der Waals surface area contributed by atoms with Crippen LogP contribution in [0.2, 0.25) is 0 Å². The van der Waals surface area contributed by atoms with E-state index in [1.165, 1.54) is 12.1 Å². The second-order valence-corrected chi connectivity index (χ2v) is 5.62. The average molecular weight is 336 g/mol. The Labute approximate surface area is 143 Å². The lowest BCUT2D eigenvalue weighted by molar-refractivity contribution is 0.174. The second-order valence-electron chi connectivity index (χ2n) is 5.62. The highest BCUT2D eigenvalue weighted by molar-refractivity contribution is 5.62. The maximum Gasteiger partial charge on any atom is 0.231 e. The number of benzene rings is 2. The molecule has 2 aromatic rings. The highest BCUT2D eigenvalue weighted by Crippen LogP contribution is 2.46. The molecule has 25 heavy (non-hydrogen) atoms. The van der Waals surface area contributed by atoms with Gasteiger partial charge >= 0.3 is 0 Å². The van der Waals surface area contributed by atoms with Crippen LogP contribution in [0.4, 0.5) is 4.39 Å². The molecule has 1 atom stereocenters. The van der Waals surface area contributed by atoms with Gasteiger partial charge in [-0.05, 0) is 23.8 Å². The van der Waals surface area contributed by atoms with Crippen LogP contribution in [0, 0.1) is 17.1 Å². The molecule has 0 bridgehead atoms. The summed E-state index contributed by atoms with van der Waals surface area (Å²) in [5, 5.41) is 9.48. The molecule has 2 N–H and O–H groups in total. The highest BCUT2D eigenvalue weighted by atomic mass is 19.1. The lowest BCUT2D eigenvalue weighted by atomic mass is 9.88. The number of fused-ring (bicyclic) bond motifs is 2. The van der Waals surface area contributed by atoms with Gasteiger partial charge in [0.05, 0.1) is 0 Å². The van der Waals surface area contributed by atoms with Gasteiger partial charge in [0.2, 0.25) is 12.7 Å². The molecule has 0 aromatic heterocycles. The molecule has 0 radical (unpaired) electrons. The van der Waals surface area contributed by atoms with E-state index in [9.17, 15) is 9.65 Å². The van der Waals surface area contributed by atoms with E-state index in [4.69, 9.17) is 19.9 Å².